The van der Waals surface area contributed by atoms with Gasteiger partial charge in [-0.05, 0) is 31.5 Å². The Labute approximate surface area is 104 Å². The third-order valence-electron chi connectivity index (χ3n) is 2.41. The van der Waals surface area contributed by atoms with Crippen LogP contribution in [-0.4, -0.2) is 23.5 Å². The molecule has 1 rings (SSSR count). The quantitative estimate of drug-likeness (QED) is 0.772. The minimum atomic E-state index is -2.38. The first-order chi connectivity index (χ1) is 8.02. The molecule has 2 atom stereocenters. The molecule has 0 aliphatic heterocycles. The van der Waals surface area contributed by atoms with Gasteiger partial charge in [0.2, 0.25) is 0 Å². The van der Waals surface area contributed by atoms with Crippen molar-refractivity contribution in [1.29, 1.82) is 0 Å². The fourth-order valence-electron chi connectivity index (χ4n) is 1.51. The Morgan fingerprint density at radius 1 is 1.24 bits per heavy atom. The zero-order chi connectivity index (χ0) is 12.8. The maximum atomic E-state index is 12.1. The van der Waals surface area contributed by atoms with E-state index in [0.29, 0.717) is 16.7 Å². The summed E-state index contributed by atoms with van der Waals surface area (Å²) in [5, 5.41) is 12.1. The summed E-state index contributed by atoms with van der Waals surface area (Å²) in [6, 6.07) is 7.13. The van der Waals surface area contributed by atoms with Crippen LogP contribution in [0, 0.1) is 0 Å². The van der Waals surface area contributed by atoms with Crippen molar-refractivity contribution in [3.63, 3.8) is 0 Å². The Morgan fingerprint density at radius 2 is 1.82 bits per heavy atom. The summed E-state index contributed by atoms with van der Waals surface area (Å²) in [7, 11) is 0. The third-order valence-corrected chi connectivity index (χ3v) is 3.14. The number of hydrogen-bond donors (Lipinski definition) is 2. The minimum absolute atomic E-state index is 0.0140. The Morgan fingerprint density at radius 3 is 2.29 bits per heavy atom. The Bertz CT molecular complexity index is 332. The molecule has 0 fully saturated rings. The molecule has 0 heterocycles. The maximum absolute atomic E-state index is 12.1. The Hall–Kier alpha value is -0.650. The average Bonchev–Trinajstić information content (AvgIpc) is 2.28. The average molecular weight is 261 g/mol. The minimum Gasteiger partial charge on any atom is -0.395 e. The molecule has 1 aromatic carbocycles. The van der Waals surface area contributed by atoms with Crippen molar-refractivity contribution in [3.8, 4) is 0 Å². The Kier molecular flexibility index (Phi) is 5.88. The molecule has 0 unspecified atom stereocenters. The molecule has 96 valence electrons. The van der Waals surface area contributed by atoms with Gasteiger partial charge in [-0.2, -0.15) is 8.78 Å². The molecular weight excluding hydrogens is 244 g/mol. The lowest BCUT2D eigenvalue weighted by Gasteiger charge is -2.18. The number of halogens is 2. The topological polar surface area (TPSA) is 32.3 Å². The van der Waals surface area contributed by atoms with Gasteiger partial charge in [0.25, 0.3) is 5.76 Å². The number of alkyl halides is 2. The highest BCUT2D eigenvalue weighted by Crippen LogP contribution is 2.26. The predicted octanol–water partition coefficient (Wildman–Crippen LogP) is 3.03. The molecule has 0 aliphatic rings. The molecule has 0 spiro atoms. The molecule has 0 bridgehead atoms. The highest BCUT2D eigenvalue weighted by Gasteiger charge is 2.09. The van der Waals surface area contributed by atoms with E-state index in [-0.39, 0.29) is 18.7 Å². The van der Waals surface area contributed by atoms with E-state index in [2.05, 4.69) is 5.32 Å². The van der Waals surface area contributed by atoms with Gasteiger partial charge in [0.15, 0.2) is 0 Å². The van der Waals surface area contributed by atoms with E-state index in [1.807, 2.05) is 26.0 Å². The normalized spacial score (nSPS) is 14.9. The summed E-state index contributed by atoms with van der Waals surface area (Å²) in [4.78, 5) is 0.561. The first-order valence-electron chi connectivity index (χ1n) is 5.44. The predicted molar refractivity (Wildman–Crippen MR) is 66.4 cm³/mol. The van der Waals surface area contributed by atoms with Crippen LogP contribution in [0.2, 0.25) is 0 Å². The van der Waals surface area contributed by atoms with E-state index in [4.69, 9.17) is 5.11 Å². The second-order valence-electron chi connectivity index (χ2n) is 3.92. The smallest absolute Gasteiger partial charge is 0.288 e. The van der Waals surface area contributed by atoms with Crippen LogP contribution in [0.25, 0.3) is 0 Å². The zero-order valence-electron chi connectivity index (χ0n) is 9.86. The summed E-state index contributed by atoms with van der Waals surface area (Å²) >= 11 is 0.544. The number of nitrogens with one attached hydrogen (secondary N) is 1. The van der Waals surface area contributed by atoms with Crippen LogP contribution in [0.4, 0.5) is 8.78 Å². The lowest BCUT2D eigenvalue weighted by atomic mass is 10.1. The number of aliphatic hydroxyl groups is 1. The molecule has 0 saturated carbocycles. The summed E-state index contributed by atoms with van der Waals surface area (Å²) in [6.45, 7) is 3.93. The maximum Gasteiger partial charge on any atom is 0.288 e. The number of aliphatic hydroxyl groups excluding tert-OH is 1. The van der Waals surface area contributed by atoms with E-state index >= 15 is 0 Å². The van der Waals surface area contributed by atoms with Crippen molar-refractivity contribution < 1.29 is 13.9 Å². The third kappa shape index (κ3) is 5.02. The number of thioether (sulfide) groups is 1. The highest BCUT2D eigenvalue weighted by atomic mass is 32.2. The van der Waals surface area contributed by atoms with Gasteiger partial charge in [0.1, 0.15) is 0 Å². The van der Waals surface area contributed by atoms with Crippen molar-refractivity contribution in [1.82, 2.24) is 5.32 Å². The van der Waals surface area contributed by atoms with Crippen molar-refractivity contribution in [2.24, 2.45) is 0 Å². The van der Waals surface area contributed by atoms with Gasteiger partial charge in [-0.25, -0.2) is 0 Å². The number of hydrogen-bond acceptors (Lipinski definition) is 3. The van der Waals surface area contributed by atoms with Crippen molar-refractivity contribution in [2.45, 2.75) is 36.6 Å². The van der Waals surface area contributed by atoms with Crippen molar-refractivity contribution in [2.75, 3.05) is 6.61 Å². The molecule has 0 radical (unpaired) electrons. The SMILES string of the molecule is C[C@H](CO)N[C@H](C)c1ccc(SC(F)F)cc1. The molecule has 17 heavy (non-hydrogen) atoms. The molecule has 0 amide bonds. The highest BCUT2D eigenvalue weighted by molar-refractivity contribution is 7.99. The molecule has 0 aromatic heterocycles. The van der Waals surface area contributed by atoms with E-state index in [0.717, 1.165) is 5.56 Å². The molecule has 2 N–H and O–H groups in total. The molecule has 0 saturated heterocycles. The molecular formula is C12H17F2NOS. The monoisotopic (exact) mass is 261 g/mol. The van der Waals surface area contributed by atoms with Crippen LogP contribution in [0.1, 0.15) is 25.5 Å². The Balaban J connectivity index is 2.60. The van der Waals surface area contributed by atoms with Gasteiger partial charge in [-0.15, -0.1) is 0 Å². The van der Waals surface area contributed by atoms with Crippen molar-refractivity contribution >= 4 is 11.8 Å². The summed E-state index contributed by atoms with van der Waals surface area (Å²) in [6.07, 6.45) is 0. The molecule has 1 aromatic rings. The molecule has 2 nitrogen and oxygen atoms in total. The lowest BCUT2D eigenvalue weighted by Crippen LogP contribution is -2.31. The van der Waals surface area contributed by atoms with E-state index in [9.17, 15) is 8.78 Å². The largest absolute Gasteiger partial charge is 0.395 e. The van der Waals surface area contributed by atoms with Crippen LogP contribution in [0.3, 0.4) is 0 Å². The van der Waals surface area contributed by atoms with Crippen molar-refractivity contribution in [3.05, 3.63) is 29.8 Å². The fourth-order valence-corrected chi connectivity index (χ4v) is 2.01. The first kappa shape index (κ1) is 14.4. The van der Waals surface area contributed by atoms with Gasteiger partial charge in [-0.1, -0.05) is 23.9 Å². The second kappa shape index (κ2) is 6.93. The summed E-state index contributed by atoms with van der Waals surface area (Å²) in [5.74, 6) is -2.38. The van der Waals surface area contributed by atoms with Crippen LogP contribution in [0.15, 0.2) is 29.2 Å². The van der Waals surface area contributed by atoms with Gasteiger partial charge in [0, 0.05) is 17.0 Å². The van der Waals surface area contributed by atoms with Gasteiger partial charge in [0.05, 0.1) is 6.61 Å². The molecule has 0 aliphatic carbocycles. The van der Waals surface area contributed by atoms with Crippen LogP contribution < -0.4 is 5.32 Å². The number of benzene rings is 1. The van der Waals surface area contributed by atoms with Crippen LogP contribution in [0.5, 0.6) is 0 Å². The molecule has 5 heteroatoms. The van der Waals surface area contributed by atoms with Crippen LogP contribution >= 0.6 is 11.8 Å². The van der Waals surface area contributed by atoms with E-state index < -0.39 is 5.76 Å². The van der Waals surface area contributed by atoms with Gasteiger partial charge < -0.3 is 10.4 Å². The van der Waals surface area contributed by atoms with Gasteiger partial charge in [-0.3, -0.25) is 0 Å². The van der Waals surface area contributed by atoms with Crippen LogP contribution in [-0.2, 0) is 0 Å². The lowest BCUT2D eigenvalue weighted by molar-refractivity contribution is 0.243. The fraction of sp³-hybridized carbons (Fsp3) is 0.500. The number of rotatable bonds is 6. The summed E-state index contributed by atoms with van der Waals surface area (Å²) < 4.78 is 24.2. The second-order valence-corrected chi connectivity index (χ2v) is 4.98. The van der Waals surface area contributed by atoms with Gasteiger partial charge >= 0.3 is 0 Å². The summed E-state index contributed by atoms with van der Waals surface area (Å²) in [5.41, 5.74) is 1.02. The van der Waals surface area contributed by atoms with E-state index in [1.165, 1.54) is 0 Å². The zero-order valence-corrected chi connectivity index (χ0v) is 10.7. The standard InChI is InChI=1S/C12H17F2NOS/c1-8(7-16)15-9(2)10-3-5-11(6-4-10)17-12(13)14/h3-6,8-9,12,15-16H,7H2,1-2H3/t8-,9-/m1/s1. The van der Waals surface area contributed by atoms with E-state index in [1.54, 1.807) is 12.1 Å². The first-order valence-corrected chi connectivity index (χ1v) is 6.32.